The fourth-order valence-electron chi connectivity index (χ4n) is 3.43. The highest BCUT2D eigenvalue weighted by Crippen LogP contribution is 2.29. The number of rotatable bonds is 3. The standard InChI is InChI=1S/C15H22N4O2/c1-10-7-13(18(2)17-10)16-15(21)11-8-14(20)19(9-11)12-5-3-4-6-12/h7,11-12H,3-6,8-9H2,1-2H3,(H,16,21). The molecular weight excluding hydrogens is 268 g/mol. The van der Waals surface area contributed by atoms with Crippen LogP contribution >= 0.6 is 0 Å². The molecule has 0 radical (unpaired) electrons. The van der Waals surface area contributed by atoms with Crippen molar-refractivity contribution in [1.82, 2.24) is 14.7 Å². The number of likely N-dealkylation sites (tertiary alicyclic amines) is 1. The summed E-state index contributed by atoms with van der Waals surface area (Å²) in [6.45, 7) is 2.45. The normalized spacial score (nSPS) is 23.0. The molecule has 2 aliphatic rings. The molecule has 6 nitrogen and oxygen atoms in total. The molecule has 21 heavy (non-hydrogen) atoms. The van der Waals surface area contributed by atoms with Crippen molar-refractivity contribution in [3.8, 4) is 0 Å². The summed E-state index contributed by atoms with van der Waals surface area (Å²) in [5.41, 5.74) is 0.864. The van der Waals surface area contributed by atoms with E-state index in [1.54, 1.807) is 11.7 Å². The minimum Gasteiger partial charge on any atom is -0.339 e. The Morgan fingerprint density at radius 2 is 2.10 bits per heavy atom. The van der Waals surface area contributed by atoms with E-state index in [1.165, 1.54) is 12.8 Å². The zero-order valence-electron chi connectivity index (χ0n) is 12.6. The molecule has 2 fully saturated rings. The van der Waals surface area contributed by atoms with Crippen molar-refractivity contribution in [2.45, 2.75) is 45.1 Å². The summed E-state index contributed by atoms with van der Waals surface area (Å²) < 4.78 is 1.65. The van der Waals surface area contributed by atoms with Crippen LogP contribution in [0.3, 0.4) is 0 Å². The highest BCUT2D eigenvalue weighted by atomic mass is 16.2. The van der Waals surface area contributed by atoms with Crippen LogP contribution in [0.15, 0.2) is 6.07 Å². The van der Waals surface area contributed by atoms with Crippen molar-refractivity contribution in [3.05, 3.63) is 11.8 Å². The SMILES string of the molecule is Cc1cc(NC(=O)C2CC(=O)N(C3CCCC3)C2)n(C)n1. The van der Waals surface area contributed by atoms with Crippen LogP contribution in [0, 0.1) is 12.8 Å². The summed E-state index contributed by atoms with van der Waals surface area (Å²) in [5.74, 6) is 0.493. The first-order valence-corrected chi connectivity index (χ1v) is 7.65. The topological polar surface area (TPSA) is 67.2 Å². The molecule has 6 heteroatoms. The lowest BCUT2D eigenvalue weighted by Gasteiger charge is -2.23. The van der Waals surface area contributed by atoms with Gasteiger partial charge in [-0.25, -0.2) is 0 Å². The third-order valence-corrected chi connectivity index (χ3v) is 4.55. The van der Waals surface area contributed by atoms with E-state index in [1.807, 2.05) is 17.9 Å². The Hall–Kier alpha value is -1.85. The Morgan fingerprint density at radius 1 is 1.38 bits per heavy atom. The number of nitrogens with zero attached hydrogens (tertiary/aromatic N) is 3. The average Bonchev–Trinajstić information content (AvgIpc) is 3.11. The molecule has 1 atom stereocenters. The fourth-order valence-corrected chi connectivity index (χ4v) is 3.43. The van der Waals surface area contributed by atoms with E-state index in [9.17, 15) is 9.59 Å². The second-order valence-corrected chi connectivity index (χ2v) is 6.17. The lowest BCUT2D eigenvalue weighted by atomic mass is 10.1. The maximum atomic E-state index is 12.4. The van der Waals surface area contributed by atoms with Crippen molar-refractivity contribution in [1.29, 1.82) is 0 Å². The van der Waals surface area contributed by atoms with Crippen LogP contribution in [0.1, 0.15) is 37.8 Å². The molecule has 1 saturated carbocycles. The molecule has 1 aliphatic heterocycles. The highest BCUT2D eigenvalue weighted by molar-refractivity contribution is 5.96. The van der Waals surface area contributed by atoms with Crippen LogP contribution in [-0.2, 0) is 16.6 Å². The molecule has 114 valence electrons. The lowest BCUT2D eigenvalue weighted by molar-refractivity contribution is -0.129. The first kappa shape index (κ1) is 14.1. The molecule has 1 N–H and O–H groups in total. The summed E-state index contributed by atoms with van der Waals surface area (Å²) in [6.07, 6.45) is 4.89. The van der Waals surface area contributed by atoms with Crippen LogP contribution in [0.5, 0.6) is 0 Å². The summed E-state index contributed by atoms with van der Waals surface area (Å²) in [5, 5.41) is 7.10. The van der Waals surface area contributed by atoms with Gasteiger partial charge in [-0.05, 0) is 19.8 Å². The number of hydrogen-bond donors (Lipinski definition) is 1. The molecule has 0 spiro atoms. The zero-order chi connectivity index (χ0) is 15.0. The monoisotopic (exact) mass is 290 g/mol. The molecule has 1 unspecified atom stereocenters. The molecule has 1 aromatic rings. The Labute approximate surface area is 124 Å². The minimum absolute atomic E-state index is 0.0770. The van der Waals surface area contributed by atoms with Gasteiger partial charge in [-0.1, -0.05) is 12.8 Å². The number of carbonyl (C=O) groups excluding carboxylic acids is 2. The van der Waals surface area contributed by atoms with Gasteiger partial charge < -0.3 is 10.2 Å². The molecular formula is C15H22N4O2. The number of carbonyl (C=O) groups is 2. The smallest absolute Gasteiger partial charge is 0.230 e. The van der Waals surface area contributed by atoms with E-state index >= 15 is 0 Å². The molecule has 0 bridgehead atoms. The van der Waals surface area contributed by atoms with Gasteiger partial charge in [-0.2, -0.15) is 5.10 Å². The van der Waals surface area contributed by atoms with E-state index in [2.05, 4.69) is 10.4 Å². The number of aryl methyl sites for hydroxylation is 2. The molecule has 2 amide bonds. The minimum atomic E-state index is -0.242. The van der Waals surface area contributed by atoms with E-state index in [0.29, 0.717) is 24.8 Å². The number of aromatic nitrogens is 2. The Balaban J connectivity index is 1.63. The van der Waals surface area contributed by atoms with E-state index in [0.717, 1.165) is 18.5 Å². The Morgan fingerprint density at radius 3 is 2.71 bits per heavy atom. The van der Waals surface area contributed by atoms with Crippen LogP contribution in [0.2, 0.25) is 0 Å². The first-order chi connectivity index (χ1) is 10.0. The van der Waals surface area contributed by atoms with Gasteiger partial charge in [0.25, 0.3) is 0 Å². The third-order valence-electron chi connectivity index (χ3n) is 4.55. The van der Waals surface area contributed by atoms with E-state index < -0.39 is 0 Å². The van der Waals surface area contributed by atoms with Gasteiger partial charge in [-0.3, -0.25) is 14.3 Å². The van der Waals surface area contributed by atoms with Gasteiger partial charge >= 0.3 is 0 Å². The second-order valence-electron chi connectivity index (χ2n) is 6.17. The second kappa shape index (κ2) is 5.50. The largest absolute Gasteiger partial charge is 0.339 e. The van der Waals surface area contributed by atoms with Gasteiger partial charge in [0.05, 0.1) is 11.6 Å². The number of anilines is 1. The maximum Gasteiger partial charge on any atom is 0.230 e. The van der Waals surface area contributed by atoms with Crippen LogP contribution < -0.4 is 5.32 Å². The molecule has 2 heterocycles. The van der Waals surface area contributed by atoms with Gasteiger partial charge in [0, 0.05) is 32.1 Å². The quantitative estimate of drug-likeness (QED) is 0.916. The predicted molar refractivity (Wildman–Crippen MR) is 78.7 cm³/mol. The molecule has 1 aromatic heterocycles. The van der Waals surface area contributed by atoms with Crippen molar-refractivity contribution in [2.24, 2.45) is 13.0 Å². The predicted octanol–water partition coefficient (Wildman–Crippen LogP) is 1.46. The summed E-state index contributed by atoms with van der Waals surface area (Å²) in [6, 6.07) is 2.19. The van der Waals surface area contributed by atoms with E-state index in [-0.39, 0.29) is 17.7 Å². The van der Waals surface area contributed by atoms with Crippen molar-refractivity contribution < 1.29 is 9.59 Å². The zero-order valence-corrected chi connectivity index (χ0v) is 12.6. The summed E-state index contributed by atoms with van der Waals surface area (Å²) in [4.78, 5) is 26.4. The number of hydrogen-bond acceptors (Lipinski definition) is 3. The van der Waals surface area contributed by atoms with Crippen LogP contribution in [0.25, 0.3) is 0 Å². The first-order valence-electron chi connectivity index (χ1n) is 7.65. The maximum absolute atomic E-state index is 12.4. The van der Waals surface area contributed by atoms with Crippen LogP contribution in [-0.4, -0.2) is 39.1 Å². The number of nitrogens with one attached hydrogen (secondary N) is 1. The van der Waals surface area contributed by atoms with Crippen molar-refractivity contribution >= 4 is 17.6 Å². The number of amides is 2. The average molecular weight is 290 g/mol. The summed E-state index contributed by atoms with van der Waals surface area (Å²) in [7, 11) is 1.80. The fraction of sp³-hybridized carbons (Fsp3) is 0.667. The molecule has 1 aliphatic carbocycles. The molecule has 0 aromatic carbocycles. The van der Waals surface area contributed by atoms with Crippen molar-refractivity contribution in [2.75, 3.05) is 11.9 Å². The van der Waals surface area contributed by atoms with Gasteiger partial charge in [0.15, 0.2) is 0 Å². The Kier molecular flexibility index (Phi) is 3.69. The van der Waals surface area contributed by atoms with E-state index in [4.69, 9.17) is 0 Å². The third kappa shape index (κ3) is 2.80. The van der Waals surface area contributed by atoms with Crippen LogP contribution in [0.4, 0.5) is 5.82 Å². The highest BCUT2D eigenvalue weighted by Gasteiger charge is 2.38. The van der Waals surface area contributed by atoms with Gasteiger partial charge in [0.2, 0.25) is 11.8 Å². The molecule has 1 saturated heterocycles. The lowest BCUT2D eigenvalue weighted by Crippen LogP contribution is -2.35. The Bertz CT molecular complexity index is 560. The summed E-state index contributed by atoms with van der Waals surface area (Å²) >= 11 is 0. The van der Waals surface area contributed by atoms with Gasteiger partial charge in [0.1, 0.15) is 5.82 Å². The van der Waals surface area contributed by atoms with Crippen molar-refractivity contribution in [3.63, 3.8) is 0 Å². The van der Waals surface area contributed by atoms with Gasteiger partial charge in [-0.15, -0.1) is 0 Å². The molecule has 3 rings (SSSR count).